The molecule has 0 aliphatic rings. The van der Waals surface area contributed by atoms with E-state index in [2.05, 4.69) is 0 Å². The summed E-state index contributed by atoms with van der Waals surface area (Å²) in [7, 11) is -1.87. The monoisotopic (exact) mass is 256 g/mol. The van der Waals surface area contributed by atoms with Gasteiger partial charge in [-0.1, -0.05) is 13.0 Å². The standard InChI is InChI=1S/C13H20O3S/c1-6-10-7-8-12(11(9-10)16-5)17(14,15)13(2,3)4/h7-9H,6H2,1-5H3. The first-order chi connectivity index (χ1) is 7.74. The number of hydrogen-bond donors (Lipinski definition) is 0. The van der Waals surface area contributed by atoms with Crippen molar-refractivity contribution in [2.24, 2.45) is 0 Å². The summed E-state index contributed by atoms with van der Waals surface area (Å²) >= 11 is 0. The van der Waals surface area contributed by atoms with Gasteiger partial charge in [0.2, 0.25) is 0 Å². The summed E-state index contributed by atoms with van der Waals surface area (Å²) in [6.45, 7) is 7.09. The summed E-state index contributed by atoms with van der Waals surface area (Å²) in [6.07, 6.45) is 0.853. The fourth-order valence-electron chi connectivity index (χ4n) is 1.48. The van der Waals surface area contributed by atoms with Crippen LogP contribution in [-0.2, 0) is 16.3 Å². The molecule has 0 spiro atoms. The molecule has 96 valence electrons. The highest BCUT2D eigenvalue weighted by Gasteiger charge is 2.33. The van der Waals surface area contributed by atoms with Gasteiger partial charge in [-0.15, -0.1) is 0 Å². The maximum absolute atomic E-state index is 12.4. The molecule has 1 rings (SSSR count). The van der Waals surface area contributed by atoms with Gasteiger partial charge in [0, 0.05) is 0 Å². The summed E-state index contributed by atoms with van der Waals surface area (Å²) in [4.78, 5) is 0.268. The van der Waals surface area contributed by atoms with Gasteiger partial charge in [-0.3, -0.25) is 0 Å². The molecule has 0 radical (unpaired) electrons. The molecule has 1 aromatic rings. The van der Waals surface area contributed by atoms with Crippen LogP contribution in [0.2, 0.25) is 0 Å². The van der Waals surface area contributed by atoms with E-state index in [-0.39, 0.29) is 4.90 Å². The van der Waals surface area contributed by atoms with Crippen molar-refractivity contribution in [3.05, 3.63) is 23.8 Å². The Kier molecular flexibility index (Phi) is 3.87. The molecule has 0 aliphatic heterocycles. The van der Waals surface area contributed by atoms with Crippen LogP contribution in [0.4, 0.5) is 0 Å². The highest BCUT2D eigenvalue weighted by atomic mass is 32.2. The molecule has 4 heteroatoms. The van der Waals surface area contributed by atoms with E-state index >= 15 is 0 Å². The Hall–Kier alpha value is -1.03. The van der Waals surface area contributed by atoms with Crippen LogP contribution in [-0.4, -0.2) is 20.3 Å². The third kappa shape index (κ3) is 2.63. The highest BCUT2D eigenvalue weighted by molar-refractivity contribution is 7.92. The Morgan fingerprint density at radius 3 is 2.24 bits per heavy atom. The van der Waals surface area contributed by atoms with Crippen molar-refractivity contribution >= 4 is 9.84 Å². The number of sulfone groups is 1. The van der Waals surface area contributed by atoms with E-state index in [0.29, 0.717) is 5.75 Å². The first-order valence-electron chi connectivity index (χ1n) is 5.65. The van der Waals surface area contributed by atoms with Gasteiger partial charge in [-0.25, -0.2) is 8.42 Å². The average molecular weight is 256 g/mol. The van der Waals surface area contributed by atoms with Crippen molar-refractivity contribution in [2.75, 3.05) is 7.11 Å². The Morgan fingerprint density at radius 2 is 1.82 bits per heavy atom. The molecule has 17 heavy (non-hydrogen) atoms. The van der Waals surface area contributed by atoms with E-state index in [1.807, 2.05) is 13.0 Å². The molecule has 0 aliphatic carbocycles. The molecule has 0 heterocycles. The maximum atomic E-state index is 12.4. The van der Waals surface area contributed by atoms with Gasteiger partial charge in [-0.05, 0) is 44.9 Å². The molecule has 0 saturated carbocycles. The molecule has 0 unspecified atom stereocenters. The largest absolute Gasteiger partial charge is 0.495 e. The third-order valence-electron chi connectivity index (χ3n) is 2.73. The smallest absolute Gasteiger partial charge is 0.186 e. The Labute approximate surface area is 104 Å². The number of hydrogen-bond acceptors (Lipinski definition) is 3. The minimum absolute atomic E-state index is 0.268. The zero-order chi connectivity index (χ0) is 13.3. The zero-order valence-corrected chi connectivity index (χ0v) is 11.9. The lowest BCUT2D eigenvalue weighted by Crippen LogP contribution is -2.28. The normalized spacial score (nSPS) is 12.5. The van der Waals surface area contributed by atoms with E-state index in [9.17, 15) is 8.42 Å². The van der Waals surface area contributed by atoms with Crippen molar-refractivity contribution in [3.63, 3.8) is 0 Å². The van der Waals surface area contributed by atoms with Gasteiger partial charge in [0.25, 0.3) is 0 Å². The molecule has 0 amide bonds. The lowest BCUT2D eigenvalue weighted by molar-refractivity contribution is 0.401. The van der Waals surface area contributed by atoms with Crippen molar-refractivity contribution in [2.45, 2.75) is 43.8 Å². The predicted molar refractivity (Wildman–Crippen MR) is 69.3 cm³/mol. The Morgan fingerprint density at radius 1 is 1.24 bits per heavy atom. The van der Waals surface area contributed by atoms with Crippen LogP contribution >= 0.6 is 0 Å². The lowest BCUT2D eigenvalue weighted by atomic mass is 10.2. The third-order valence-corrected chi connectivity index (χ3v) is 5.26. The van der Waals surface area contributed by atoms with Crippen LogP contribution in [0.3, 0.4) is 0 Å². The van der Waals surface area contributed by atoms with Gasteiger partial charge in [0.15, 0.2) is 9.84 Å². The first kappa shape index (κ1) is 14.0. The van der Waals surface area contributed by atoms with E-state index in [1.54, 1.807) is 32.9 Å². The molecular formula is C13H20O3S. The molecule has 0 atom stereocenters. The Bertz CT molecular complexity index is 496. The minimum atomic E-state index is -3.37. The maximum Gasteiger partial charge on any atom is 0.186 e. The number of ether oxygens (including phenoxy) is 1. The minimum Gasteiger partial charge on any atom is -0.495 e. The topological polar surface area (TPSA) is 43.4 Å². The van der Waals surface area contributed by atoms with Crippen molar-refractivity contribution in [1.29, 1.82) is 0 Å². The van der Waals surface area contributed by atoms with Gasteiger partial charge >= 0.3 is 0 Å². The SMILES string of the molecule is CCc1ccc(S(=O)(=O)C(C)(C)C)c(OC)c1. The number of rotatable bonds is 3. The second kappa shape index (κ2) is 4.69. The Balaban J connectivity index is 3.43. The summed E-state index contributed by atoms with van der Waals surface area (Å²) in [5.74, 6) is 0.430. The molecule has 0 saturated heterocycles. The van der Waals surface area contributed by atoms with E-state index in [4.69, 9.17) is 4.74 Å². The molecule has 0 fully saturated rings. The van der Waals surface area contributed by atoms with Crippen LogP contribution < -0.4 is 4.74 Å². The van der Waals surface area contributed by atoms with E-state index < -0.39 is 14.6 Å². The summed E-state index contributed by atoms with van der Waals surface area (Å²) < 4.78 is 29.1. The molecular weight excluding hydrogens is 236 g/mol. The fourth-order valence-corrected chi connectivity index (χ4v) is 2.80. The van der Waals surface area contributed by atoms with Gasteiger partial charge < -0.3 is 4.74 Å². The highest BCUT2D eigenvalue weighted by Crippen LogP contribution is 2.32. The lowest BCUT2D eigenvalue weighted by Gasteiger charge is -2.21. The molecule has 0 N–H and O–H groups in total. The van der Waals surface area contributed by atoms with Gasteiger partial charge in [0.05, 0.1) is 11.9 Å². The molecule has 0 bridgehead atoms. The summed E-state index contributed by atoms with van der Waals surface area (Å²) in [5, 5.41) is 0. The van der Waals surface area contributed by atoms with Crippen molar-refractivity contribution in [1.82, 2.24) is 0 Å². The second-order valence-corrected chi connectivity index (χ2v) is 7.63. The van der Waals surface area contributed by atoms with Crippen molar-refractivity contribution < 1.29 is 13.2 Å². The summed E-state index contributed by atoms with van der Waals surface area (Å²) in [6, 6.07) is 5.26. The van der Waals surface area contributed by atoms with Crippen LogP contribution in [0, 0.1) is 0 Å². The van der Waals surface area contributed by atoms with Crippen LogP contribution in [0.25, 0.3) is 0 Å². The quantitative estimate of drug-likeness (QED) is 0.835. The zero-order valence-electron chi connectivity index (χ0n) is 11.1. The van der Waals surface area contributed by atoms with Gasteiger partial charge in [-0.2, -0.15) is 0 Å². The number of benzene rings is 1. The molecule has 1 aromatic carbocycles. The van der Waals surface area contributed by atoms with Crippen LogP contribution in [0.1, 0.15) is 33.3 Å². The number of aryl methyl sites for hydroxylation is 1. The molecule has 0 aromatic heterocycles. The second-order valence-electron chi connectivity index (χ2n) is 4.95. The van der Waals surface area contributed by atoms with Crippen LogP contribution in [0.15, 0.2) is 23.1 Å². The van der Waals surface area contributed by atoms with Crippen molar-refractivity contribution in [3.8, 4) is 5.75 Å². The summed E-state index contributed by atoms with van der Waals surface area (Å²) in [5.41, 5.74) is 1.06. The number of methoxy groups -OCH3 is 1. The predicted octanol–water partition coefficient (Wildman–Crippen LogP) is 2.83. The van der Waals surface area contributed by atoms with Crippen LogP contribution in [0.5, 0.6) is 5.75 Å². The van der Waals surface area contributed by atoms with Gasteiger partial charge in [0.1, 0.15) is 10.6 Å². The average Bonchev–Trinajstić information content (AvgIpc) is 2.26. The fraction of sp³-hybridized carbons (Fsp3) is 0.538. The molecule has 3 nitrogen and oxygen atoms in total. The first-order valence-corrected chi connectivity index (χ1v) is 7.14. The van der Waals surface area contributed by atoms with E-state index in [1.165, 1.54) is 7.11 Å². The van der Waals surface area contributed by atoms with E-state index in [0.717, 1.165) is 12.0 Å².